The van der Waals surface area contributed by atoms with E-state index in [0.717, 1.165) is 0 Å². The first kappa shape index (κ1) is 17.3. The molecule has 0 spiro atoms. The third-order valence-corrected chi connectivity index (χ3v) is 4.37. The summed E-state index contributed by atoms with van der Waals surface area (Å²) in [5, 5.41) is 11.2. The van der Waals surface area contributed by atoms with E-state index < -0.39 is 17.7 Å². The fourth-order valence-electron chi connectivity index (χ4n) is 3.04. The maximum atomic E-state index is 12.6. The van der Waals surface area contributed by atoms with Crippen molar-refractivity contribution in [1.82, 2.24) is 4.90 Å². The van der Waals surface area contributed by atoms with E-state index in [1.54, 1.807) is 43.3 Å². The number of aliphatic hydroxyl groups is 1. The zero-order valence-corrected chi connectivity index (χ0v) is 14.7. The molecule has 25 heavy (non-hydrogen) atoms. The summed E-state index contributed by atoms with van der Waals surface area (Å²) in [7, 11) is 0. The maximum absolute atomic E-state index is 12.6. The van der Waals surface area contributed by atoms with E-state index >= 15 is 0 Å². The van der Waals surface area contributed by atoms with Crippen LogP contribution in [0, 0.1) is 6.92 Å². The Balaban J connectivity index is 2.19. The minimum Gasteiger partial charge on any atom is -0.507 e. The number of benzene rings is 1. The molecule has 3 rings (SSSR count). The predicted molar refractivity (Wildman–Crippen MR) is 94.2 cm³/mol. The minimum atomic E-state index is -0.743. The Kier molecular flexibility index (Phi) is 4.68. The van der Waals surface area contributed by atoms with E-state index in [1.165, 1.54) is 4.90 Å². The topological polar surface area (TPSA) is 70.8 Å². The van der Waals surface area contributed by atoms with E-state index in [4.69, 9.17) is 16.0 Å². The van der Waals surface area contributed by atoms with E-state index in [-0.39, 0.29) is 11.3 Å². The van der Waals surface area contributed by atoms with E-state index in [0.29, 0.717) is 35.1 Å². The normalized spacial score (nSPS) is 19.6. The molecule has 1 N–H and O–H groups in total. The van der Waals surface area contributed by atoms with Gasteiger partial charge in [0, 0.05) is 17.1 Å². The van der Waals surface area contributed by atoms with Crippen LogP contribution in [0.1, 0.15) is 36.5 Å². The average Bonchev–Trinajstić information content (AvgIpc) is 3.11. The smallest absolute Gasteiger partial charge is 0.295 e. The molecule has 1 aliphatic rings. The standard InChI is InChI=1S/C19H18ClNO4/c1-3-9-21-16(14-8-7-11(2)25-14)15(18(23)19(21)24)17(22)12-5-4-6-13(20)10-12/h4-8,10,16,22H,3,9H2,1-2H3/b17-15-. The largest absolute Gasteiger partial charge is 0.507 e. The van der Waals surface area contributed by atoms with Gasteiger partial charge in [0.05, 0.1) is 5.57 Å². The van der Waals surface area contributed by atoms with Crippen molar-refractivity contribution in [2.75, 3.05) is 6.54 Å². The Morgan fingerprint density at radius 1 is 1.28 bits per heavy atom. The molecule has 0 radical (unpaired) electrons. The zero-order chi connectivity index (χ0) is 18.1. The predicted octanol–water partition coefficient (Wildman–Crippen LogP) is 4.07. The third kappa shape index (κ3) is 3.07. The lowest BCUT2D eigenvalue weighted by molar-refractivity contribution is -0.140. The summed E-state index contributed by atoms with van der Waals surface area (Å²) in [4.78, 5) is 26.5. The van der Waals surface area contributed by atoms with Gasteiger partial charge >= 0.3 is 0 Å². The van der Waals surface area contributed by atoms with Crippen molar-refractivity contribution in [3.05, 3.63) is 64.1 Å². The van der Waals surface area contributed by atoms with Crippen molar-refractivity contribution < 1.29 is 19.1 Å². The number of aryl methyl sites for hydroxylation is 1. The second-order valence-corrected chi connectivity index (χ2v) is 6.39. The Morgan fingerprint density at radius 2 is 2.04 bits per heavy atom. The number of rotatable bonds is 4. The highest BCUT2D eigenvalue weighted by molar-refractivity contribution is 6.46. The van der Waals surface area contributed by atoms with Gasteiger partial charge in [0.2, 0.25) is 0 Å². The molecule has 2 aromatic rings. The van der Waals surface area contributed by atoms with Crippen molar-refractivity contribution in [2.24, 2.45) is 0 Å². The van der Waals surface area contributed by atoms with Crippen molar-refractivity contribution >= 4 is 29.1 Å². The molecule has 0 bridgehead atoms. The number of aliphatic hydroxyl groups excluding tert-OH is 1. The van der Waals surface area contributed by atoms with Gasteiger partial charge in [-0.3, -0.25) is 9.59 Å². The molecule has 1 unspecified atom stereocenters. The molecule has 0 aliphatic carbocycles. The number of furan rings is 1. The first-order chi connectivity index (χ1) is 11.9. The van der Waals surface area contributed by atoms with Crippen molar-refractivity contribution in [3.63, 3.8) is 0 Å². The van der Waals surface area contributed by atoms with Crippen LogP contribution in [0.2, 0.25) is 5.02 Å². The van der Waals surface area contributed by atoms with Gasteiger partial charge in [-0.2, -0.15) is 0 Å². The summed E-state index contributed by atoms with van der Waals surface area (Å²) in [6, 6.07) is 9.27. The van der Waals surface area contributed by atoms with Crippen LogP contribution in [0.3, 0.4) is 0 Å². The second-order valence-electron chi connectivity index (χ2n) is 5.95. The fraction of sp³-hybridized carbons (Fsp3) is 0.263. The summed E-state index contributed by atoms with van der Waals surface area (Å²) in [5.74, 6) is -0.485. The lowest BCUT2D eigenvalue weighted by Gasteiger charge is -2.22. The molecule has 2 heterocycles. The number of carbonyl (C=O) groups is 2. The van der Waals surface area contributed by atoms with E-state index in [1.807, 2.05) is 6.92 Å². The van der Waals surface area contributed by atoms with Gasteiger partial charge in [-0.1, -0.05) is 30.7 Å². The van der Waals surface area contributed by atoms with Crippen molar-refractivity contribution in [1.29, 1.82) is 0 Å². The molecule has 1 atom stereocenters. The van der Waals surface area contributed by atoms with Gasteiger partial charge in [-0.15, -0.1) is 0 Å². The summed E-state index contributed by atoms with van der Waals surface area (Å²) < 4.78 is 5.66. The number of ketones is 1. The summed E-state index contributed by atoms with van der Waals surface area (Å²) in [6.45, 7) is 4.09. The van der Waals surface area contributed by atoms with Gasteiger partial charge < -0.3 is 14.4 Å². The van der Waals surface area contributed by atoms with Crippen LogP contribution in [0.4, 0.5) is 0 Å². The highest BCUT2D eigenvalue weighted by Crippen LogP contribution is 2.40. The molecule has 6 heteroatoms. The average molecular weight is 360 g/mol. The quantitative estimate of drug-likeness (QED) is 0.507. The van der Waals surface area contributed by atoms with Crippen LogP contribution in [0.15, 0.2) is 46.4 Å². The number of Topliss-reactive ketones (excluding diaryl/α,β-unsaturated/α-hetero) is 1. The number of hydrogen-bond donors (Lipinski definition) is 1. The molecule has 5 nitrogen and oxygen atoms in total. The molecule has 1 aromatic carbocycles. The zero-order valence-electron chi connectivity index (χ0n) is 14.0. The Bertz CT molecular complexity index is 868. The Hall–Kier alpha value is -2.53. The minimum absolute atomic E-state index is 0.0232. The molecule has 1 saturated heterocycles. The first-order valence-corrected chi connectivity index (χ1v) is 8.42. The van der Waals surface area contributed by atoms with E-state index in [9.17, 15) is 14.7 Å². The van der Waals surface area contributed by atoms with Crippen LogP contribution < -0.4 is 0 Å². The summed E-state index contributed by atoms with van der Waals surface area (Å²) in [6.07, 6.45) is 0.681. The molecular weight excluding hydrogens is 342 g/mol. The summed E-state index contributed by atoms with van der Waals surface area (Å²) >= 11 is 5.98. The maximum Gasteiger partial charge on any atom is 0.295 e. The van der Waals surface area contributed by atoms with Gasteiger partial charge in [0.15, 0.2) is 0 Å². The van der Waals surface area contributed by atoms with E-state index in [2.05, 4.69) is 0 Å². The van der Waals surface area contributed by atoms with Crippen molar-refractivity contribution in [3.8, 4) is 0 Å². The highest BCUT2D eigenvalue weighted by Gasteiger charge is 2.47. The van der Waals surface area contributed by atoms with Crippen LogP contribution in [0.5, 0.6) is 0 Å². The molecule has 1 fully saturated rings. The third-order valence-electron chi connectivity index (χ3n) is 4.13. The van der Waals surface area contributed by atoms with Gasteiger partial charge in [0.1, 0.15) is 23.3 Å². The highest BCUT2D eigenvalue weighted by atomic mass is 35.5. The van der Waals surface area contributed by atoms with Gasteiger partial charge in [-0.05, 0) is 37.6 Å². The number of carbonyl (C=O) groups excluding carboxylic acids is 2. The first-order valence-electron chi connectivity index (χ1n) is 8.04. The molecular formula is C19H18ClNO4. The fourth-order valence-corrected chi connectivity index (χ4v) is 3.23. The molecule has 1 aliphatic heterocycles. The Morgan fingerprint density at radius 3 is 2.64 bits per heavy atom. The number of hydrogen-bond acceptors (Lipinski definition) is 4. The van der Waals surface area contributed by atoms with Gasteiger partial charge in [0.25, 0.3) is 11.7 Å². The molecule has 1 aromatic heterocycles. The molecule has 1 amide bonds. The Labute approximate surface area is 150 Å². The van der Waals surface area contributed by atoms with Crippen LogP contribution in [-0.4, -0.2) is 28.2 Å². The monoisotopic (exact) mass is 359 g/mol. The van der Waals surface area contributed by atoms with Crippen LogP contribution in [0.25, 0.3) is 5.76 Å². The lowest BCUT2D eigenvalue weighted by atomic mass is 9.99. The molecule has 0 saturated carbocycles. The second kappa shape index (κ2) is 6.76. The number of amides is 1. The number of nitrogens with zero attached hydrogens (tertiary/aromatic N) is 1. The van der Waals surface area contributed by atoms with Crippen LogP contribution in [-0.2, 0) is 9.59 Å². The van der Waals surface area contributed by atoms with Gasteiger partial charge in [-0.25, -0.2) is 0 Å². The number of likely N-dealkylation sites (tertiary alicyclic amines) is 1. The van der Waals surface area contributed by atoms with Crippen LogP contribution >= 0.6 is 11.6 Å². The SMILES string of the molecule is CCCN1C(=O)C(=O)/C(=C(\O)c2cccc(Cl)c2)C1c1ccc(C)o1. The lowest BCUT2D eigenvalue weighted by Crippen LogP contribution is -2.30. The van der Waals surface area contributed by atoms with Crippen molar-refractivity contribution in [2.45, 2.75) is 26.3 Å². The number of halogens is 1. The summed E-state index contributed by atoms with van der Waals surface area (Å²) in [5.41, 5.74) is 0.408. The molecule has 130 valence electrons.